The van der Waals surface area contributed by atoms with Gasteiger partial charge < -0.3 is 15.1 Å². The molecule has 2 aliphatic heterocycles. The molecule has 0 radical (unpaired) electrons. The highest BCUT2D eigenvalue weighted by Crippen LogP contribution is 2.28. The van der Waals surface area contributed by atoms with E-state index >= 15 is 0 Å². The van der Waals surface area contributed by atoms with Crippen LogP contribution in [0.4, 0.5) is 4.79 Å². The number of hydrogen-bond donors (Lipinski definition) is 1. The summed E-state index contributed by atoms with van der Waals surface area (Å²) in [6.45, 7) is 3.21. The summed E-state index contributed by atoms with van der Waals surface area (Å²) < 4.78 is 0. The van der Waals surface area contributed by atoms with E-state index < -0.39 is 12.2 Å². The number of amides is 4. The molecule has 2 fully saturated rings. The van der Waals surface area contributed by atoms with Gasteiger partial charge in [-0.1, -0.05) is 90.5 Å². The molecule has 1 unspecified atom stereocenters. The summed E-state index contributed by atoms with van der Waals surface area (Å²) in [5.74, 6) is -0.230. The van der Waals surface area contributed by atoms with E-state index in [4.69, 9.17) is 0 Å². The van der Waals surface area contributed by atoms with E-state index in [2.05, 4.69) is 36.5 Å². The quantitative estimate of drug-likeness (QED) is 0.514. The molecule has 1 N–H and O–H groups in total. The maximum Gasteiger partial charge on any atom is 0.334 e. The molecule has 0 bridgehead atoms. The number of aryl methyl sites for hydroxylation is 1. The van der Waals surface area contributed by atoms with Crippen LogP contribution in [0.1, 0.15) is 22.3 Å². The zero-order valence-electron chi connectivity index (χ0n) is 22.5. The van der Waals surface area contributed by atoms with E-state index in [0.717, 1.165) is 16.7 Å². The molecule has 5 rings (SSSR count). The number of carbonyl (C=O) groups excluding carboxylic acids is 3. The predicted molar refractivity (Wildman–Crippen MR) is 149 cm³/mol. The fourth-order valence-electron chi connectivity index (χ4n) is 5.42. The van der Waals surface area contributed by atoms with Crippen LogP contribution >= 0.6 is 0 Å². The molecule has 0 aromatic heterocycles. The Morgan fingerprint density at radius 1 is 0.872 bits per heavy atom. The summed E-state index contributed by atoms with van der Waals surface area (Å²) in [7, 11) is 1.75. The standard InChI is InChI=1S/C31H35N5O3/c1-23-13-15-24(16-14-23)17-18-34-21-28-35(27(30(34)38)19-25-9-5-3-6-10-25)29(37)22-33(2)36(28)31(39)32-20-26-11-7-4-8-12-26/h3-16,27-28H,17-22H2,1-2H3,(H,32,39)/t27-,28?/m0/s1. The van der Waals surface area contributed by atoms with Crippen molar-refractivity contribution in [3.63, 3.8) is 0 Å². The van der Waals surface area contributed by atoms with Gasteiger partial charge in [0.1, 0.15) is 12.2 Å². The SMILES string of the molecule is Cc1ccc(CCN2CC3N(C(=O)CN(C)N3C(=O)NCc3ccccc3)[C@@H](Cc3ccccc3)C2=O)cc1. The Morgan fingerprint density at radius 3 is 2.18 bits per heavy atom. The largest absolute Gasteiger partial charge is 0.337 e. The first kappa shape index (κ1) is 26.4. The van der Waals surface area contributed by atoms with Crippen LogP contribution in [-0.2, 0) is 29.0 Å². The third-order valence-electron chi connectivity index (χ3n) is 7.50. The predicted octanol–water partition coefficient (Wildman–Crippen LogP) is 3.22. The number of urea groups is 1. The number of hydrogen-bond acceptors (Lipinski definition) is 4. The van der Waals surface area contributed by atoms with Crippen molar-refractivity contribution in [3.8, 4) is 0 Å². The van der Waals surface area contributed by atoms with Gasteiger partial charge in [-0.05, 0) is 30.0 Å². The molecule has 0 saturated carbocycles. The van der Waals surface area contributed by atoms with Crippen molar-refractivity contribution in [2.24, 2.45) is 0 Å². The molecular weight excluding hydrogens is 490 g/mol. The molecule has 2 atom stereocenters. The van der Waals surface area contributed by atoms with E-state index in [0.29, 0.717) is 25.9 Å². The van der Waals surface area contributed by atoms with E-state index in [-0.39, 0.29) is 30.9 Å². The second kappa shape index (κ2) is 11.7. The lowest BCUT2D eigenvalue weighted by Crippen LogP contribution is -2.76. The van der Waals surface area contributed by atoms with E-state index in [1.54, 1.807) is 22.0 Å². The van der Waals surface area contributed by atoms with Crippen molar-refractivity contribution in [3.05, 3.63) is 107 Å². The van der Waals surface area contributed by atoms with Crippen molar-refractivity contribution < 1.29 is 14.4 Å². The zero-order valence-corrected chi connectivity index (χ0v) is 22.5. The third kappa shape index (κ3) is 5.96. The smallest absolute Gasteiger partial charge is 0.334 e. The topological polar surface area (TPSA) is 76.2 Å². The Bertz CT molecular complexity index is 1300. The van der Waals surface area contributed by atoms with Gasteiger partial charge in [-0.2, -0.15) is 0 Å². The van der Waals surface area contributed by atoms with Crippen LogP contribution in [0.5, 0.6) is 0 Å². The lowest BCUT2D eigenvalue weighted by atomic mass is 9.98. The van der Waals surface area contributed by atoms with E-state index in [1.807, 2.05) is 65.6 Å². The van der Waals surface area contributed by atoms with Gasteiger partial charge in [-0.25, -0.2) is 14.8 Å². The van der Waals surface area contributed by atoms with Gasteiger partial charge in [0.2, 0.25) is 11.8 Å². The summed E-state index contributed by atoms with van der Waals surface area (Å²) in [5.41, 5.74) is 4.29. The van der Waals surface area contributed by atoms with Crippen molar-refractivity contribution in [1.29, 1.82) is 0 Å². The average molecular weight is 526 g/mol. The monoisotopic (exact) mass is 525 g/mol. The molecule has 2 heterocycles. The Kier molecular flexibility index (Phi) is 7.93. The van der Waals surface area contributed by atoms with Crippen LogP contribution in [0.15, 0.2) is 84.9 Å². The molecule has 2 aliphatic rings. The number of piperazine rings is 1. The molecule has 8 heteroatoms. The van der Waals surface area contributed by atoms with Crippen molar-refractivity contribution in [1.82, 2.24) is 25.1 Å². The Hall–Kier alpha value is -4.17. The van der Waals surface area contributed by atoms with Gasteiger partial charge in [0, 0.05) is 26.6 Å². The molecule has 3 aromatic rings. The minimum Gasteiger partial charge on any atom is -0.337 e. The van der Waals surface area contributed by atoms with Crippen LogP contribution < -0.4 is 5.32 Å². The van der Waals surface area contributed by atoms with Gasteiger partial charge in [0.25, 0.3) is 0 Å². The van der Waals surface area contributed by atoms with E-state index in [9.17, 15) is 14.4 Å². The second-order valence-electron chi connectivity index (χ2n) is 10.3. The Balaban J connectivity index is 1.41. The molecular formula is C31H35N5O3. The van der Waals surface area contributed by atoms with Crippen LogP contribution in [0, 0.1) is 6.92 Å². The van der Waals surface area contributed by atoms with Crippen LogP contribution in [-0.4, -0.2) is 76.6 Å². The van der Waals surface area contributed by atoms with Crippen LogP contribution in [0.25, 0.3) is 0 Å². The number of nitrogens with one attached hydrogen (secondary N) is 1. The number of benzene rings is 3. The molecule has 4 amide bonds. The highest BCUT2D eigenvalue weighted by molar-refractivity contribution is 5.91. The maximum absolute atomic E-state index is 13.9. The van der Waals surface area contributed by atoms with Gasteiger partial charge in [-0.15, -0.1) is 0 Å². The third-order valence-corrected chi connectivity index (χ3v) is 7.50. The van der Waals surface area contributed by atoms with Gasteiger partial charge in [0.15, 0.2) is 0 Å². The summed E-state index contributed by atoms with van der Waals surface area (Å²) in [6.07, 6.45) is 0.490. The van der Waals surface area contributed by atoms with Crippen molar-refractivity contribution in [2.75, 3.05) is 26.7 Å². The summed E-state index contributed by atoms with van der Waals surface area (Å²) in [4.78, 5) is 44.3. The molecule has 2 saturated heterocycles. The molecule has 8 nitrogen and oxygen atoms in total. The normalized spacial score (nSPS) is 19.7. The molecule has 0 aliphatic carbocycles. The maximum atomic E-state index is 13.9. The minimum atomic E-state index is -0.685. The summed E-state index contributed by atoms with van der Waals surface area (Å²) in [6, 6.07) is 26.8. The summed E-state index contributed by atoms with van der Waals surface area (Å²) >= 11 is 0. The molecule has 3 aromatic carbocycles. The number of carbonyl (C=O) groups is 3. The number of likely N-dealkylation sites (N-methyl/N-ethyl adjacent to an activating group) is 1. The number of fused-ring (bicyclic) bond motifs is 1. The first-order valence-electron chi connectivity index (χ1n) is 13.4. The molecule has 39 heavy (non-hydrogen) atoms. The number of rotatable bonds is 7. The van der Waals surface area contributed by atoms with Crippen LogP contribution in [0.2, 0.25) is 0 Å². The highest BCUT2D eigenvalue weighted by atomic mass is 16.2. The number of nitrogens with zero attached hydrogens (tertiary/aromatic N) is 4. The lowest BCUT2D eigenvalue weighted by Gasteiger charge is -2.54. The average Bonchev–Trinajstić information content (AvgIpc) is 2.94. The van der Waals surface area contributed by atoms with E-state index in [1.165, 1.54) is 5.56 Å². The van der Waals surface area contributed by atoms with Crippen LogP contribution in [0.3, 0.4) is 0 Å². The lowest BCUT2D eigenvalue weighted by molar-refractivity contribution is -0.186. The van der Waals surface area contributed by atoms with Gasteiger partial charge in [0.05, 0.1) is 13.1 Å². The Labute approximate surface area is 229 Å². The van der Waals surface area contributed by atoms with Gasteiger partial charge >= 0.3 is 6.03 Å². The fourth-order valence-corrected chi connectivity index (χ4v) is 5.42. The Morgan fingerprint density at radius 2 is 1.51 bits per heavy atom. The first-order chi connectivity index (χ1) is 18.9. The van der Waals surface area contributed by atoms with Crippen molar-refractivity contribution >= 4 is 17.8 Å². The van der Waals surface area contributed by atoms with Gasteiger partial charge in [-0.3, -0.25) is 9.59 Å². The molecule has 202 valence electrons. The second-order valence-corrected chi connectivity index (χ2v) is 10.3. The van der Waals surface area contributed by atoms with Crippen molar-refractivity contribution in [2.45, 2.75) is 38.5 Å². The fraction of sp³-hybridized carbons (Fsp3) is 0.323. The molecule has 0 spiro atoms. The number of hydrazine groups is 1. The zero-order chi connectivity index (χ0) is 27.4. The summed E-state index contributed by atoms with van der Waals surface area (Å²) in [5, 5.41) is 6.27. The minimum absolute atomic E-state index is 0.0250. The highest BCUT2D eigenvalue weighted by Gasteiger charge is 2.50. The first-order valence-corrected chi connectivity index (χ1v) is 13.4.